The van der Waals surface area contributed by atoms with Gasteiger partial charge in [0.15, 0.2) is 17.0 Å². The van der Waals surface area contributed by atoms with Gasteiger partial charge in [-0.2, -0.15) is 9.97 Å². The fourth-order valence-electron chi connectivity index (χ4n) is 4.75. The number of imidazole rings is 1. The van der Waals surface area contributed by atoms with Gasteiger partial charge in [0.1, 0.15) is 0 Å². The van der Waals surface area contributed by atoms with E-state index in [4.69, 9.17) is 15.1 Å². The molecular weight excluding hydrogens is 408 g/mol. The molecule has 9 heteroatoms. The van der Waals surface area contributed by atoms with E-state index in [1.54, 1.807) is 24.3 Å². The molecule has 2 aliphatic carbocycles. The van der Waals surface area contributed by atoms with Gasteiger partial charge in [-0.05, 0) is 62.8 Å². The smallest absolute Gasteiger partial charge is 0.335 e. The van der Waals surface area contributed by atoms with E-state index in [0.717, 1.165) is 49.9 Å². The monoisotopic (exact) mass is 436 g/mol. The first kappa shape index (κ1) is 20.7. The zero-order valence-corrected chi connectivity index (χ0v) is 17.9. The van der Waals surface area contributed by atoms with Crippen molar-refractivity contribution in [2.75, 3.05) is 10.6 Å². The normalized spacial score (nSPS) is 21.7. The molecule has 2 saturated carbocycles. The van der Waals surface area contributed by atoms with Crippen LogP contribution < -0.4 is 10.6 Å². The number of anilines is 3. The molecule has 3 aromatic rings. The summed E-state index contributed by atoms with van der Waals surface area (Å²) in [4.78, 5) is 25.3. The molecule has 0 radical (unpaired) electrons. The Morgan fingerprint density at radius 2 is 1.72 bits per heavy atom. The van der Waals surface area contributed by atoms with Gasteiger partial charge in [-0.3, -0.25) is 0 Å². The van der Waals surface area contributed by atoms with E-state index in [-0.39, 0.29) is 17.7 Å². The molecule has 32 heavy (non-hydrogen) atoms. The minimum absolute atomic E-state index is 0.216. The molecule has 9 nitrogen and oxygen atoms in total. The molecule has 4 N–H and O–H groups in total. The van der Waals surface area contributed by atoms with Crippen molar-refractivity contribution in [1.82, 2.24) is 19.5 Å². The highest BCUT2D eigenvalue weighted by Crippen LogP contribution is 2.34. The number of carbonyl (C=O) groups is 1. The lowest BCUT2D eigenvalue weighted by Crippen LogP contribution is -2.29. The second kappa shape index (κ2) is 8.74. The lowest BCUT2D eigenvalue weighted by molar-refractivity contribution is 0.0697. The molecule has 0 atom stereocenters. The number of rotatable bonds is 6. The van der Waals surface area contributed by atoms with Crippen LogP contribution in [0.15, 0.2) is 30.6 Å². The number of hydrogen-bond acceptors (Lipinski definition) is 7. The Balaban J connectivity index is 1.48. The molecule has 2 aliphatic rings. The number of hydrogen-bond donors (Lipinski definition) is 4. The van der Waals surface area contributed by atoms with Crippen LogP contribution in [0.3, 0.4) is 0 Å². The van der Waals surface area contributed by atoms with E-state index in [9.17, 15) is 9.90 Å². The van der Waals surface area contributed by atoms with Crippen molar-refractivity contribution in [3.05, 3.63) is 36.2 Å². The van der Waals surface area contributed by atoms with Crippen LogP contribution in [0, 0.1) is 0 Å². The average molecular weight is 437 g/mol. The molecule has 0 unspecified atom stereocenters. The molecule has 1 aromatic carbocycles. The highest BCUT2D eigenvalue weighted by molar-refractivity contribution is 5.89. The van der Waals surface area contributed by atoms with E-state index in [1.165, 1.54) is 12.8 Å². The summed E-state index contributed by atoms with van der Waals surface area (Å²) in [6.45, 7) is 0. The molecule has 0 saturated heterocycles. The van der Waals surface area contributed by atoms with Crippen LogP contribution in [0.1, 0.15) is 67.8 Å². The Labute approximate surface area is 185 Å². The minimum Gasteiger partial charge on any atom is -0.478 e. The molecule has 168 valence electrons. The van der Waals surface area contributed by atoms with Gasteiger partial charge in [0.2, 0.25) is 5.95 Å². The summed E-state index contributed by atoms with van der Waals surface area (Å²) >= 11 is 0. The molecule has 0 amide bonds. The van der Waals surface area contributed by atoms with Crippen LogP contribution in [0.25, 0.3) is 11.2 Å². The largest absolute Gasteiger partial charge is 0.478 e. The lowest BCUT2D eigenvalue weighted by Gasteiger charge is -2.26. The number of benzene rings is 1. The van der Waals surface area contributed by atoms with Gasteiger partial charge in [-0.15, -0.1) is 0 Å². The van der Waals surface area contributed by atoms with E-state index >= 15 is 0 Å². The SMILES string of the molecule is O=C(O)c1ccc(Nc2nc(NC3CCC(O)CC3)nc3c2ncn3C2CCCC2)cc1. The van der Waals surface area contributed by atoms with Crippen molar-refractivity contribution < 1.29 is 15.0 Å². The highest BCUT2D eigenvalue weighted by atomic mass is 16.4. The Kier molecular flexibility index (Phi) is 5.65. The molecule has 0 aliphatic heterocycles. The molecular formula is C23H28N6O3. The number of aliphatic hydroxyl groups is 1. The third kappa shape index (κ3) is 4.25. The Hall–Kier alpha value is -3.20. The van der Waals surface area contributed by atoms with Gasteiger partial charge >= 0.3 is 5.97 Å². The molecule has 2 heterocycles. The van der Waals surface area contributed by atoms with Gasteiger partial charge in [-0.1, -0.05) is 12.8 Å². The van der Waals surface area contributed by atoms with Crippen LogP contribution in [-0.4, -0.2) is 47.8 Å². The first-order valence-electron chi connectivity index (χ1n) is 11.4. The molecule has 0 spiro atoms. The van der Waals surface area contributed by atoms with E-state index in [1.807, 2.05) is 6.33 Å². The number of fused-ring (bicyclic) bond motifs is 1. The molecule has 0 bridgehead atoms. The summed E-state index contributed by atoms with van der Waals surface area (Å²) in [6, 6.07) is 7.19. The average Bonchev–Trinajstić information content (AvgIpc) is 3.46. The van der Waals surface area contributed by atoms with Crippen LogP contribution in [-0.2, 0) is 0 Å². The van der Waals surface area contributed by atoms with Crippen LogP contribution >= 0.6 is 0 Å². The third-order valence-electron chi connectivity index (χ3n) is 6.56. The van der Waals surface area contributed by atoms with Crippen molar-refractivity contribution in [3.8, 4) is 0 Å². The Bertz CT molecular complexity index is 1100. The fraction of sp³-hybridized carbons (Fsp3) is 0.478. The van der Waals surface area contributed by atoms with Crippen molar-refractivity contribution >= 4 is 34.6 Å². The van der Waals surface area contributed by atoms with Crippen LogP contribution in [0.4, 0.5) is 17.5 Å². The molecule has 2 aromatic heterocycles. The Morgan fingerprint density at radius 1 is 1.00 bits per heavy atom. The first-order valence-corrected chi connectivity index (χ1v) is 11.4. The maximum absolute atomic E-state index is 11.2. The second-order valence-electron chi connectivity index (χ2n) is 8.82. The van der Waals surface area contributed by atoms with Gasteiger partial charge in [-0.25, -0.2) is 9.78 Å². The predicted molar refractivity (Wildman–Crippen MR) is 121 cm³/mol. The van der Waals surface area contributed by atoms with Crippen molar-refractivity contribution in [2.45, 2.75) is 69.6 Å². The van der Waals surface area contributed by atoms with E-state index < -0.39 is 5.97 Å². The van der Waals surface area contributed by atoms with Gasteiger partial charge < -0.3 is 25.4 Å². The summed E-state index contributed by atoms with van der Waals surface area (Å²) in [5, 5.41) is 25.7. The maximum Gasteiger partial charge on any atom is 0.335 e. The summed E-state index contributed by atoms with van der Waals surface area (Å²) < 4.78 is 2.17. The van der Waals surface area contributed by atoms with Gasteiger partial charge in [0.05, 0.1) is 18.0 Å². The van der Waals surface area contributed by atoms with Gasteiger partial charge in [0.25, 0.3) is 0 Å². The third-order valence-corrected chi connectivity index (χ3v) is 6.56. The van der Waals surface area contributed by atoms with E-state index in [0.29, 0.717) is 23.3 Å². The summed E-state index contributed by atoms with van der Waals surface area (Å²) in [5.74, 6) is 0.178. The summed E-state index contributed by atoms with van der Waals surface area (Å²) in [6.07, 6.45) is 9.63. The van der Waals surface area contributed by atoms with Crippen molar-refractivity contribution in [1.29, 1.82) is 0 Å². The van der Waals surface area contributed by atoms with Crippen molar-refractivity contribution in [2.24, 2.45) is 0 Å². The maximum atomic E-state index is 11.2. The van der Waals surface area contributed by atoms with E-state index in [2.05, 4.69) is 20.2 Å². The standard InChI is InChI=1S/C23H28N6O3/c30-18-11-9-16(10-12-18)26-23-27-20(25-15-7-5-14(6-8-15)22(31)32)19-21(28-23)29(13-24-19)17-3-1-2-4-17/h5-8,13,16-18,30H,1-4,9-12H2,(H,31,32)(H2,25,26,27,28). The number of carboxylic acids is 1. The summed E-state index contributed by atoms with van der Waals surface area (Å²) in [5.41, 5.74) is 2.46. The number of aromatic nitrogens is 4. The Morgan fingerprint density at radius 3 is 2.41 bits per heavy atom. The number of carboxylic acid groups (broad SMARTS) is 1. The number of aliphatic hydroxyl groups excluding tert-OH is 1. The lowest BCUT2D eigenvalue weighted by atomic mass is 9.93. The number of nitrogens with one attached hydrogen (secondary N) is 2. The van der Waals surface area contributed by atoms with Crippen LogP contribution in [0.5, 0.6) is 0 Å². The minimum atomic E-state index is -0.958. The first-order chi connectivity index (χ1) is 15.6. The second-order valence-corrected chi connectivity index (χ2v) is 8.82. The zero-order valence-electron chi connectivity index (χ0n) is 17.9. The van der Waals surface area contributed by atoms with Crippen molar-refractivity contribution in [3.63, 3.8) is 0 Å². The molecule has 5 rings (SSSR count). The number of nitrogens with zero attached hydrogens (tertiary/aromatic N) is 4. The topological polar surface area (TPSA) is 125 Å². The highest BCUT2D eigenvalue weighted by Gasteiger charge is 2.24. The predicted octanol–water partition coefficient (Wildman–Crippen LogP) is 4.10. The molecule has 2 fully saturated rings. The van der Waals surface area contributed by atoms with Gasteiger partial charge in [0, 0.05) is 17.8 Å². The quantitative estimate of drug-likeness (QED) is 0.455. The van der Waals surface area contributed by atoms with Crippen LogP contribution in [0.2, 0.25) is 0 Å². The number of aromatic carboxylic acids is 1. The summed E-state index contributed by atoms with van der Waals surface area (Å²) in [7, 11) is 0. The fourth-order valence-corrected chi connectivity index (χ4v) is 4.75. The zero-order chi connectivity index (χ0) is 22.1.